The molecule has 0 bridgehead atoms. The number of primary amides is 1. The number of benzene rings is 3. The molecule has 0 unspecified atom stereocenters. The molecule has 4 aromatic rings. The number of para-hydroxylation sites is 1. The van der Waals surface area contributed by atoms with Crippen LogP contribution in [-0.2, 0) is 17.9 Å². The maximum Gasteiger partial charge on any atom is 0.340 e. The number of aromatic nitrogens is 1. The quantitative estimate of drug-likeness (QED) is 0.508. The number of hydrogen-bond donors (Lipinski definition) is 1. The number of hydrogen-bond acceptors (Lipinski definition) is 3. The number of fused-ring (bicyclic) bond motifs is 1. The van der Waals surface area contributed by atoms with Crippen molar-refractivity contribution < 1.29 is 14.3 Å². The first-order valence-corrected chi connectivity index (χ1v) is 9.29. The van der Waals surface area contributed by atoms with E-state index in [-0.39, 0.29) is 12.6 Å². The van der Waals surface area contributed by atoms with Gasteiger partial charge in [-0.1, -0.05) is 60.7 Å². The molecule has 0 saturated heterocycles. The summed E-state index contributed by atoms with van der Waals surface area (Å²) < 4.78 is 7.58. The lowest BCUT2D eigenvalue weighted by molar-refractivity contribution is 0.0474. The molecule has 2 N–H and O–H groups in total. The van der Waals surface area contributed by atoms with E-state index in [1.54, 1.807) is 24.3 Å². The molecule has 29 heavy (non-hydrogen) atoms. The lowest BCUT2D eigenvalue weighted by Crippen LogP contribution is -2.11. The Bertz CT molecular complexity index is 1160. The summed E-state index contributed by atoms with van der Waals surface area (Å²) in [5.74, 6) is -0.869. The Hall–Kier alpha value is -3.86. The number of nitrogens with zero attached hydrogens (tertiary/aromatic N) is 1. The standard InChI is InChI=1S/C24H20N2O3/c25-23(27)19-12-10-18(11-13-19)16-29-24(28)21-15-26(14-17-6-2-1-3-7-17)22-9-5-4-8-20(21)22/h1-13,15H,14,16H2,(H2,25,27). The van der Waals surface area contributed by atoms with Crippen LogP contribution in [0.4, 0.5) is 0 Å². The molecule has 1 amide bonds. The third-order valence-electron chi connectivity index (χ3n) is 4.81. The first-order valence-electron chi connectivity index (χ1n) is 9.29. The fraction of sp³-hybridized carbons (Fsp3) is 0.0833. The van der Waals surface area contributed by atoms with Gasteiger partial charge < -0.3 is 15.0 Å². The zero-order valence-electron chi connectivity index (χ0n) is 15.7. The van der Waals surface area contributed by atoms with E-state index in [4.69, 9.17) is 10.5 Å². The molecule has 5 heteroatoms. The normalized spacial score (nSPS) is 10.8. The molecular formula is C24H20N2O3. The van der Waals surface area contributed by atoms with Crippen molar-refractivity contribution in [2.75, 3.05) is 0 Å². The van der Waals surface area contributed by atoms with Crippen molar-refractivity contribution in [2.45, 2.75) is 13.2 Å². The van der Waals surface area contributed by atoms with Crippen molar-refractivity contribution in [3.05, 3.63) is 107 Å². The van der Waals surface area contributed by atoms with Crippen LogP contribution in [0.25, 0.3) is 10.9 Å². The second kappa shape index (κ2) is 8.02. The van der Waals surface area contributed by atoms with Crippen LogP contribution in [0.5, 0.6) is 0 Å². The third kappa shape index (κ3) is 4.04. The molecule has 144 valence electrons. The summed E-state index contributed by atoms with van der Waals surface area (Å²) in [6.07, 6.45) is 1.84. The van der Waals surface area contributed by atoms with Crippen molar-refractivity contribution in [1.29, 1.82) is 0 Å². The van der Waals surface area contributed by atoms with Gasteiger partial charge in [0.15, 0.2) is 0 Å². The average molecular weight is 384 g/mol. The Balaban J connectivity index is 1.55. The minimum atomic E-state index is -0.486. The smallest absolute Gasteiger partial charge is 0.340 e. The highest BCUT2D eigenvalue weighted by molar-refractivity contribution is 6.04. The van der Waals surface area contributed by atoms with E-state index in [2.05, 4.69) is 16.7 Å². The Kier molecular flexibility index (Phi) is 5.12. The van der Waals surface area contributed by atoms with Gasteiger partial charge in [-0.15, -0.1) is 0 Å². The molecule has 0 spiro atoms. The fourth-order valence-electron chi connectivity index (χ4n) is 3.31. The SMILES string of the molecule is NC(=O)c1ccc(COC(=O)c2cn(Cc3ccccc3)c3ccccc23)cc1. The summed E-state index contributed by atoms with van der Waals surface area (Å²) in [5, 5.41) is 0.859. The number of amides is 1. The van der Waals surface area contributed by atoms with Crippen LogP contribution >= 0.6 is 0 Å². The predicted octanol–water partition coefficient (Wildman–Crippen LogP) is 4.15. The number of carbonyl (C=O) groups is 2. The number of ether oxygens (including phenoxy) is 1. The van der Waals surface area contributed by atoms with Crippen molar-refractivity contribution in [2.24, 2.45) is 5.73 Å². The van der Waals surface area contributed by atoms with Crippen molar-refractivity contribution in [1.82, 2.24) is 4.57 Å². The second-order valence-corrected chi connectivity index (χ2v) is 6.81. The van der Waals surface area contributed by atoms with Gasteiger partial charge in [0.05, 0.1) is 5.56 Å². The first kappa shape index (κ1) is 18.5. The lowest BCUT2D eigenvalue weighted by Gasteiger charge is -2.05. The van der Waals surface area contributed by atoms with Gasteiger partial charge in [-0.05, 0) is 29.3 Å². The topological polar surface area (TPSA) is 74.3 Å². The van der Waals surface area contributed by atoms with E-state index in [1.165, 1.54) is 0 Å². The molecule has 0 aliphatic carbocycles. The third-order valence-corrected chi connectivity index (χ3v) is 4.81. The minimum absolute atomic E-state index is 0.121. The van der Waals surface area contributed by atoms with Gasteiger partial charge in [0.25, 0.3) is 0 Å². The summed E-state index contributed by atoms with van der Waals surface area (Å²) >= 11 is 0. The van der Waals surface area contributed by atoms with Crippen LogP contribution in [0.2, 0.25) is 0 Å². The average Bonchev–Trinajstić information content (AvgIpc) is 3.12. The van der Waals surface area contributed by atoms with E-state index in [0.717, 1.165) is 22.0 Å². The molecule has 0 aliphatic heterocycles. The highest BCUT2D eigenvalue weighted by atomic mass is 16.5. The van der Waals surface area contributed by atoms with E-state index in [9.17, 15) is 9.59 Å². The van der Waals surface area contributed by atoms with Gasteiger partial charge in [0.2, 0.25) is 5.91 Å². The number of esters is 1. The number of nitrogens with two attached hydrogens (primary N) is 1. The summed E-state index contributed by atoms with van der Waals surface area (Å²) in [6, 6.07) is 24.6. The zero-order valence-corrected chi connectivity index (χ0v) is 15.7. The lowest BCUT2D eigenvalue weighted by atomic mass is 10.1. The highest BCUT2D eigenvalue weighted by Gasteiger charge is 2.16. The van der Waals surface area contributed by atoms with E-state index < -0.39 is 5.91 Å². The molecule has 0 aliphatic rings. The molecular weight excluding hydrogens is 364 g/mol. The molecule has 4 rings (SSSR count). The Morgan fingerprint density at radius 2 is 1.52 bits per heavy atom. The maximum atomic E-state index is 12.8. The molecule has 0 saturated carbocycles. The molecule has 3 aromatic carbocycles. The number of rotatable bonds is 6. The van der Waals surface area contributed by atoms with Gasteiger partial charge >= 0.3 is 5.97 Å². The highest BCUT2D eigenvalue weighted by Crippen LogP contribution is 2.23. The molecule has 1 aromatic heterocycles. The van der Waals surface area contributed by atoms with Crippen LogP contribution in [-0.4, -0.2) is 16.4 Å². The van der Waals surface area contributed by atoms with Gasteiger partial charge in [0, 0.05) is 29.2 Å². The van der Waals surface area contributed by atoms with Crippen LogP contribution in [0.3, 0.4) is 0 Å². The fourth-order valence-corrected chi connectivity index (χ4v) is 3.31. The van der Waals surface area contributed by atoms with Crippen LogP contribution < -0.4 is 5.73 Å². The Morgan fingerprint density at radius 3 is 2.24 bits per heavy atom. The first-order chi connectivity index (χ1) is 14.1. The largest absolute Gasteiger partial charge is 0.457 e. The second-order valence-electron chi connectivity index (χ2n) is 6.81. The van der Waals surface area contributed by atoms with Gasteiger partial charge in [0.1, 0.15) is 6.61 Å². The van der Waals surface area contributed by atoms with Crippen LogP contribution in [0, 0.1) is 0 Å². The summed E-state index contributed by atoms with van der Waals surface area (Å²) in [6.45, 7) is 0.791. The molecule has 0 fully saturated rings. The molecule has 0 atom stereocenters. The minimum Gasteiger partial charge on any atom is -0.457 e. The predicted molar refractivity (Wildman–Crippen MR) is 112 cm³/mol. The van der Waals surface area contributed by atoms with Gasteiger partial charge in [-0.25, -0.2) is 4.79 Å². The number of carbonyl (C=O) groups excluding carboxylic acids is 2. The summed E-state index contributed by atoms with van der Waals surface area (Å²) in [4.78, 5) is 23.9. The van der Waals surface area contributed by atoms with Gasteiger partial charge in [-0.3, -0.25) is 4.79 Å². The van der Waals surface area contributed by atoms with Crippen LogP contribution in [0.1, 0.15) is 31.8 Å². The summed E-state index contributed by atoms with van der Waals surface area (Å²) in [5.41, 5.74) is 9.12. The van der Waals surface area contributed by atoms with Crippen molar-refractivity contribution in [3.8, 4) is 0 Å². The molecule has 0 radical (unpaired) electrons. The summed E-state index contributed by atoms with van der Waals surface area (Å²) in [7, 11) is 0. The van der Waals surface area contributed by atoms with Crippen molar-refractivity contribution in [3.63, 3.8) is 0 Å². The molecule has 1 heterocycles. The van der Waals surface area contributed by atoms with E-state index >= 15 is 0 Å². The van der Waals surface area contributed by atoms with Gasteiger partial charge in [-0.2, -0.15) is 0 Å². The molecule has 5 nitrogen and oxygen atoms in total. The van der Waals surface area contributed by atoms with E-state index in [1.807, 2.05) is 48.7 Å². The van der Waals surface area contributed by atoms with E-state index in [0.29, 0.717) is 17.7 Å². The zero-order chi connectivity index (χ0) is 20.2. The van der Waals surface area contributed by atoms with Crippen LogP contribution in [0.15, 0.2) is 85.1 Å². The Labute approximate surface area is 168 Å². The monoisotopic (exact) mass is 384 g/mol. The Morgan fingerprint density at radius 1 is 0.828 bits per heavy atom. The maximum absolute atomic E-state index is 12.8. The van der Waals surface area contributed by atoms with Crippen molar-refractivity contribution >= 4 is 22.8 Å².